The molecular weight excluding hydrogens is 395 g/mol. The number of aryl methyl sites for hydroxylation is 1. The van der Waals surface area contributed by atoms with Crippen LogP contribution in [0, 0.1) is 5.82 Å². The van der Waals surface area contributed by atoms with Crippen LogP contribution in [0.15, 0.2) is 47.1 Å². The molecule has 0 saturated heterocycles. The largest absolute Gasteiger partial charge is 0.469 e. The van der Waals surface area contributed by atoms with Crippen LogP contribution in [0.2, 0.25) is 0 Å². The van der Waals surface area contributed by atoms with Crippen LogP contribution in [0.5, 0.6) is 0 Å². The monoisotopic (exact) mass is 416 g/mol. The van der Waals surface area contributed by atoms with Gasteiger partial charge in [-0.2, -0.15) is 0 Å². The molecule has 1 aromatic carbocycles. The second kappa shape index (κ2) is 9.92. The molecule has 0 spiro atoms. The van der Waals surface area contributed by atoms with Crippen molar-refractivity contribution in [2.24, 2.45) is 0 Å². The average molecular weight is 416 g/mol. The first kappa shape index (κ1) is 20.7. The molecule has 2 heterocycles. The molecule has 0 aliphatic heterocycles. The van der Waals surface area contributed by atoms with Gasteiger partial charge in [-0.05, 0) is 43.7 Å². The number of hydrogen-bond donors (Lipinski definition) is 2. The molecule has 0 bridgehead atoms. The second-order valence-electron chi connectivity index (χ2n) is 6.57. The highest BCUT2D eigenvalue weighted by atomic mass is 32.1. The Morgan fingerprint density at radius 3 is 2.86 bits per heavy atom. The molecule has 2 amide bonds. The lowest BCUT2D eigenvalue weighted by molar-refractivity contribution is -0.121. The van der Waals surface area contributed by atoms with Crippen molar-refractivity contribution in [3.8, 4) is 0 Å². The number of halogens is 1. The van der Waals surface area contributed by atoms with Gasteiger partial charge in [0.15, 0.2) is 0 Å². The maximum Gasteiger partial charge on any atom is 0.286 e. The molecule has 152 valence electrons. The third kappa shape index (κ3) is 6.49. The van der Waals surface area contributed by atoms with Gasteiger partial charge in [0.05, 0.1) is 6.26 Å². The molecule has 3 aromatic rings. The van der Waals surface area contributed by atoms with Gasteiger partial charge in [0.2, 0.25) is 10.9 Å². The van der Waals surface area contributed by atoms with Crippen molar-refractivity contribution in [2.45, 2.75) is 38.6 Å². The van der Waals surface area contributed by atoms with Crippen molar-refractivity contribution < 1.29 is 18.4 Å². The van der Waals surface area contributed by atoms with E-state index >= 15 is 0 Å². The summed E-state index contributed by atoms with van der Waals surface area (Å²) in [5.74, 6) is -0.0882. The van der Waals surface area contributed by atoms with Crippen molar-refractivity contribution in [1.82, 2.24) is 15.5 Å². The Morgan fingerprint density at radius 2 is 2.10 bits per heavy atom. The fourth-order valence-corrected chi connectivity index (χ4v) is 3.50. The minimum Gasteiger partial charge on any atom is -0.469 e. The number of aromatic nitrogens is 2. The molecule has 0 unspecified atom stereocenters. The van der Waals surface area contributed by atoms with Crippen LogP contribution in [0.1, 0.15) is 40.3 Å². The van der Waals surface area contributed by atoms with E-state index in [4.69, 9.17) is 4.42 Å². The Hall–Kier alpha value is -3.07. The van der Waals surface area contributed by atoms with Crippen molar-refractivity contribution >= 4 is 28.8 Å². The third-order valence-electron chi connectivity index (χ3n) is 4.03. The molecule has 3 rings (SSSR count). The van der Waals surface area contributed by atoms with Gasteiger partial charge in [0.25, 0.3) is 5.91 Å². The lowest BCUT2D eigenvalue weighted by Crippen LogP contribution is -2.33. The minimum atomic E-state index is -0.441. The zero-order chi connectivity index (χ0) is 20.6. The highest BCUT2D eigenvalue weighted by molar-refractivity contribution is 7.13. The summed E-state index contributed by atoms with van der Waals surface area (Å²) < 4.78 is 18.5. The van der Waals surface area contributed by atoms with Gasteiger partial charge in [-0.3, -0.25) is 9.59 Å². The number of nitrogens with one attached hydrogen (secondary N) is 2. The maximum absolute atomic E-state index is 13.2. The van der Waals surface area contributed by atoms with Crippen molar-refractivity contribution in [2.75, 3.05) is 5.32 Å². The van der Waals surface area contributed by atoms with E-state index in [1.165, 1.54) is 18.2 Å². The fourth-order valence-electron chi connectivity index (χ4n) is 2.73. The first-order valence-corrected chi connectivity index (χ1v) is 10.0. The van der Waals surface area contributed by atoms with Crippen molar-refractivity contribution in [3.63, 3.8) is 0 Å². The molecule has 0 aliphatic carbocycles. The molecule has 2 N–H and O–H groups in total. The summed E-state index contributed by atoms with van der Waals surface area (Å²) >= 11 is 1.16. The summed E-state index contributed by atoms with van der Waals surface area (Å²) in [5, 5.41) is 14.3. The predicted octanol–water partition coefficient (Wildman–Crippen LogP) is 3.59. The molecule has 7 nitrogen and oxygen atoms in total. The number of carbonyl (C=O) groups is 2. The summed E-state index contributed by atoms with van der Waals surface area (Å²) in [6.07, 6.45) is 3.74. The minimum absolute atomic E-state index is 0.0201. The van der Waals surface area contributed by atoms with Crippen molar-refractivity contribution in [3.05, 3.63) is 64.3 Å². The summed E-state index contributed by atoms with van der Waals surface area (Å²) in [4.78, 5) is 24.2. The van der Waals surface area contributed by atoms with Gasteiger partial charge in [-0.15, -0.1) is 10.2 Å². The molecule has 0 fully saturated rings. The quantitative estimate of drug-likeness (QED) is 0.556. The van der Waals surface area contributed by atoms with Crippen LogP contribution < -0.4 is 10.6 Å². The predicted molar refractivity (Wildman–Crippen MR) is 107 cm³/mol. The first-order valence-electron chi connectivity index (χ1n) is 9.20. The number of carbonyl (C=O) groups excluding carboxylic acids is 2. The highest BCUT2D eigenvalue weighted by Gasteiger charge is 2.14. The average Bonchev–Trinajstić information content (AvgIpc) is 3.33. The Morgan fingerprint density at radius 1 is 1.24 bits per heavy atom. The Kier molecular flexibility index (Phi) is 7.07. The van der Waals surface area contributed by atoms with Crippen molar-refractivity contribution in [1.29, 1.82) is 0 Å². The van der Waals surface area contributed by atoms with Crippen LogP contribution in [-0.4, -0.2) is 28.1 Å². The number of furan rings is 1. The van der Waals surface area contributed by atoms with Gasteiger partial charge in [0, 0.05) is 31.0 Å². The number of hydrogen-bond acceptors (Lipinski definition) is 6. The van der Waals surface area contributed by atoms with Gasteiger partial charge in [-0.25, -0.2) is 4.39 Å². The smallest absolute Gasteiger partial charge is 0.286 e. The zero-order valence-electron chi connectivity index (χ0n) is 15.9. The molecule has 1 atom stereocenters. The van der Waals surface area contributed by atoms with Crippen LogP contribution in [0.25, 0.3) is 0 Å². The van der Waals surface area contributed by atoms with E-state index in [0.29, 0.717) is 36.4 Å². The van der Waals surface area contributed by atoms with Crippen LogP contribution in [0.4, 0.5) is 10.1 Å². The number of rotatable bonds is 9. The second-order valence-corrected chi connectivity index (χ2v) is 7.63. The Labute approximate surface area is 171 Å². The Balaban J connectivity index is 1.40. The molecule has 2 aromatic heterocycles. The van der Waals surface area contributed by atoms with Crippen LogP contribution >= 0.6 is 11.3 Å². The molecule has 9 heteroatoms. The normalized spacial score (nSPS) is 11.8. The molecular formula is C20H21FN4O3S. The van der Waals surface area contributed by atoms with Gasteiger partial charge in [0.1, 0.15) is 16.6 Å². The van der Waals surface area contributed by atoms with Crippen LogP contribution in [0.3, 0.4) is 0 Å². The van der Waals surface area contributed by atoms with Crippen LogP contribution in [-0.2, 0) is 17.6 Å². The summed E-state index contributed by atoms with van der Waals surface area (Å²) in [5.41, 5.74) is 0.354. The number of nitrogens with zero attached hydrogens (tertiary/aromatic N) is 2. The first-order chi connectivity index (χ1) is 14.0. The summed E-state index contributed by atoms with van der Waals surface area (Å²) in [6, 6.07) is 9.30. The molecule has 0 aliphatic rings. The van der Waals surface area contributed by atoms with E-state index in [9.17, 15) is 14.0 Å². The zero-order valence-corrected chi connectivity index (χ0v) is 16.7. The highest BCUT2D eigenvalue weighted by Crippen LogP contribution is 2.16. The van der Waals surface area contributed by atoms with E-state index in [0.717, 1.165) is 17.1 Å². The fraction of sp³-hybridized carbons (Fsp3) is 0.300. The lowest BCUT2D eigenvalue weighted by atomic mass is 10.1. The lowest BCUT2D eigenvalue weighted by Gasteiger charge is -2.12. The van der Waals surface area contributed by atoms with Gasteiger partial charge in [-0.1, -0.05) is 17.4 Å². The van der Waals surface area contributed by atoms with E-state index in [1.807, 2.05) is 19.1 Å². The Bertz CT molecular complexity index is 958. The standard InChI is InChI=1S/C20H21FN4O3S/c1-13(11-16-7-4-10-28-16)22-17(26)8-3-9-18-24-25-20(29-18)19(27)23-15-6-2-5-14(21)12-15/h2,4-7,10,12-13H,3,8-9,11H2,1H3,(H,22,26)(H,23,27)/t13-/m1/s1. The third-order valence-corrected chi connectivity index (χ3v) is 5.01. The van der Waals surface area contributed by atoms with E-state index in [1.54, 1.807) is 12.3 Å². The molecule has 0 saturated carbocycles. The number of benzene rings is 1. The van der Waals surface area contributed by atoms with E-state index in [2.05, 4.69) is 20.8 Å². The number of amides is 2. The SMILES string of the molecule is C[C@H](Cc1ccco1)NC(=O)CCCc1nnc(C(=O)Nc2cccc(F)c2)s1. The number of anilines is 1. The summed E-state index contributed by atoms with van der Waals surface area (Å²) in [7, 11) is 0. The van der Waals surface area contributed by atoms with E-state index < -0.39 is 11.7 Å². The molecule has 0 radical (unpaired) electrons. The topological polar surface area (TPSA) is 97.1 Å². The maximum atomic E-state index is 13.2. The van der Waals surface area contributed by atoms with Gasteiger partial charge >= 0.3 is 0 Å². The summed E-state index contributed by atoms with van der Waals surface area (Å²) in [6.45, 7) is 1.93. The van der Waals surface area contributed by atoms with E-state index in [-0.39, 0.29) is 17.0 Å². The van der Waals surface area contributed by atoms with Gasteiger partial charge < -0.3 is 15.1 Å². The molecule has 29 heavy (non-hydrogen) atoms.